The van der Waals surface area contributed by atoms with Crippen molar-refractivity contribution in [1.29, 1.82) is 0 Å². The average Bonchev–Trinajstić information content (AvgIpc) is 2.89. The van der Waals surface area contributed by atoms with Gasteiger partial charge in [0.15, 0.2) is 11.6 Å². The van der Waals surface area contributed by atoms with Crippen LogP contribution in [0.15, 0.2) is 36.4 Å². The van der Waals surface area contributed by atoms with Crippen LogP contribution in [0.3, 0.4) is 0 Å². The molecule has 2 aromatic carbocycles. The van der Waals surface area contributed by atoms with E-state index in [9.17, 15) is 8.78 Å². The minimum Gasteiger partial charge on any atom is -0.318 e. The summed E-state index contributed by atoms with van der Waals surface area (Å²) in [6.45, 7) is 3.75. The Hall–Kier alpha value is -2.17. The van der Waals surface area contributed by atoms with Gasteiger partial charge in [0.2, 0.25) is 0 Å². The zero-order valence-corrected chi connectivity index (χ0v) is 15.4. The van der Waals surface area contributed by atoms with Crippen LogP contribution < -0.4 is 0 Å². The van der Waals surface area contributed by atoms with Crippen molar-refractivity contribution in [1.82, 2.24) is 9.47 Å². The second-order valence-electron chi connectivity index (χ2n) is 6.89. The summed E-state index contributed by atoms with van der Waals surface area (Å²) in [5.74, 6) is -1.66. The second-order valence-corrected chi connectivity index (χ2v) is 7.32. The van der Waals surface area contributed by atoms with Crippen molar-refractivity contribution in [3.8, 4) is 0 Å². The molecule has 1 aliphatic rings. The van der Waals surface area contributed by atoms with Crippen molar-refractivity contribution in [2.24, 2.45) is 0 Å². The van der Waals surface area contributed by atoms with Gasteiger partial charge in [0.25, 0.3) is 0 Å². The normalized spacial score (nSPS) is 15.5. The van der Waals surface area contributed by atoms with Gasteiger partial charge >= 0.3 is 0 Å². The van der Waals surface area contributed by atoms with Gasteiger partial charge in [0, 0.05) is 35.4 Å². The highest BCUT2D eigenvalue weighted by molar-refractivity contribution is 6.31. The van der Waals surface area contributed by atoms with Crippen molar-refractivity contribution >= 4 is 34.3 Å². The van der Waals surface area contributed by atoms with E-state index in [-0.39, 0.29) is 0 Å². The zero-order valence-electron chi connectivity index (χ0n) is 14.7. The summed E-state index contributed by atoms with van der Waals surface area (Å²) in [6, 6.07) is 9.92. The Bertz CT molecular complexity index is 1040. The largest absolute Gasteiger partial charge is 0.318 e. The third-order valence-electron chi connectivity index (χ3n) is 5.04. The standard InChI is InChI=1S/C21H19ClF2N2/c1-13(14-3-5-18(23)19(24)9-14)11-26-20-6-4-15(22)10-17(20)16-7-8-25(2)12-21(16)26/h3-6,9-11H,7-8,12H2,1-2H3/b13-11+. The van der Waals surface area contributed by atoms with Crippen LogP contribution in [0.5, 0.6) is 0 Å². The molecule has 134 valence electrons. The van der Waals surface area contributed by atoms with E-state index in [0.29, 0.717) is 5.56 Å². The van der Waals surface area contributed by atoms with E-state index in [1.807, 2.05) is 31.3 Å². The SMILES string of the molecule is C/C(=C\n1c2c(c3cc(Cl)ccc31)CCN(C)C2)c1ccc(F)c(F)c1. The first kappa shape index (κ1) is 17.3. The van der Waals surface area contributed by atoms with Crippen molar-refractivity contribution in [3.05, 3.63) is 69.9 Å². The highest BCUT2D eigenvalue weighted by Gasteiger charge is 2.22. The van der Waals surface area contributed by atoms with Gasteiger partial charge in [-0.3, -0.25) is 0 Å². The second kappa shape index (κ2) is 6.53. The lowest BCUT2D eigenvalue weighted by molar-refractivity contribution is 0.308. The van der Waals surface area contributed by atoms with E-state index in [1.54, 1.807) is 6.07 Å². The molecule has 1 aromatic heterocycles. The van der Waals surface area contributed by atoms with Gasteiger partial charge in [0.05, 0.1) is 5.52 Å². The van der Waals surface area contributed by atoms with E-state index in [0.717, 1.165) is 41.0 Å². The molecule has 1 aliphatic heterocycles. The van der Waals surface area contributed by atoms with Crippen LogP contribution in [0.2, 0.25) is 5.02 Å². The zero-order chi connectivity index (χ0) is 18.4. The third kappa shape index (κ3) is 2.93. The maximum atomic E-state index is 13.6. The predicted molar refractivity (Wildman–Crippen MR) is 103 cm³/mol. The van der Waals surface area contributed by atoms with Gasteiger partial charge < -0.3 is 9.47 Å². The highest BCUT2D eigenvalue weighted by atomic mass is 35.5. The van der Waals surface area contributed by atoms with Crippen molar-refractivity contribution < 1.29 is 8.78 Å². The molecular weight excluding hydrogens is 354 g/mol. The first-order chi connectivity index (χ1) is 12.4. The third-order valence-corrected chi connectivity index (χ3v) is 5.28. The molecule has 26 heavy (non-hydrogen) atoms. The maximum absolute atomic E-state index is 13.6. The lowest BCUT2D eigenvalue weighted by Crippen LogP contribution is -2.27. The molecule has 0 atom stereocenters. The summed E-state index contributed by atoms with van der Waals surface area (Å²) in [5, 5.41) is 1.88. The van der Waals surface area contributed by atoms with Crippen molar-refractivity contribution in [2.75, 3.05) is 13.6 Å². The molecule has 0 fully saturated rings. The molecule has 5 heteroatoms. The summed E-state index contributed by atoms with van der Waals surface area (Å²) < 4.78 is 29.0. The summed E-state index contributed by atoms with van der Waals surface area (Å²) >= 11 is 6.22. The highest BCUT2D eigenvalue weighted by Crippen LogP contribution is 2.33. The van der Waals surface area contributed by atoms with E-state index < -0.39 is 11.6 Å². The number of likely N-dealkylation sites (N-methyl/N-ethyl adjacent to an activating group) is 1. The maximum Gasteiger partial charge on any atom is 0.159 e. The Labute approximate surface area is 156 Å². The van der Waals surface area contributed by atoms with E-state index in [4.69, 9.17) is 11.6 Å². The number of aromatic nitrogens is 1. The predicted octanol–water partition coefficient (Wildman–Crippen LogP) is 5.58. The minimum atomic E-state index is -0.832. The average molecular weight is 373 g/mol. The van der Waals surface area contributed by atoms with Crippen LogP contribution in [0.25, 0.3) is 22.7 Å². The molecule has 0 bridgehead atoms. The Morgan fingerprint density at radius 1 is 1.12 bits per heavy atom. The number of hydrogen-bond donors (Lipinski definition) is 0. The monoisotopic (exact) mass is 372 g/mol. The molecule has 0 spiro atoms. The summed E-state index contributed by atoms with van der Waals surface area (Å²) in [5.41, 5.74) is 5.15. The lowest BCUT2D eigenvalue weighted by Gasteiger charge is -2.24. The number of nitrogens with zero attached hydrogens (tertiary/aromatic N) is 2. The fraction of sp³-hybridized carbons (Fsp3) is 0.238. The lowest BCUT2D eigenvalue weighted by atomic mass is 10.0. The molecule has 0 amide bonds. The first-order valence-corrected chi connectivity index (χ1v) is 8.95. The van der Waals surface area contributed by atoms with Crippen LogP contribution in [0, 0.1) is 11.6 Å². The Balaban J connectivity index is 1.90. The van der Waals surface area contributed by atoms with Gasteiger partial charge in [-0.1, -0.05) is 17.7 Å². The molecule has 4 rings (SSSR count). The molecule has 0 radical (unpaired) electrons. The van der Waals surface area contributed by atoms with Gasteiger partial charge in [-0.15, -0.1) is 0 Å². The Morgan fingerprint density at radius 2 is 1.92 bits per heavy atom. The number of benzene rings is 2. The fourth-order valence-electron chi connectivity index (χ4n) is 3.65. The van der Waals surface area contributed by atoms with Gasteiger partial charge in [-0.25, -0.2) is 8.78 Å². The molecular formula is C21H19ClF2N2. The molecule has 0 saturated carbocycles. The molecule has 0 saturated heterocycles. The van der Waals surface area contributed by atoms with E-state index in [1.165, 1.54) is 23.4 Å². The van der Waals surface area contributed by atoms with Crippen LogP contribution in [0.4, 0.5) is 8.78 Å². The van der Waals surface area contributed by atoms with Crippen molar-refractivity contribution in [2.45, 2.75) is 19.9 Å². The molecule has 2 nitrogen and oxygen atoms in total. The summed E-state index contributed by atoms with van der Waals surface area (Å²) in [7, 11) is 2.10. The molecule has 2 heterocycles. The van der Waals surface area contributed by atoms with E-state index >= 15 is 0 Å². The van der Waals surface area contributed by atoms with Crippen LogP contribution >= 0.6 is 11.6 Å². The number of halogens is 3. The van der Waals surface area contributed by atoms with Crippen molar-refractivity contribution in [3.63, 3.8) is 0 Å². The molecule has 0 aliphatic carbocycles. The quantitative estimate of drug-likeness (QED) is 0.570. The Kier molecular flexibility index (Phi) is 4.33. The number of fused-ring (bicyclic) bond motifs is 3. The number of allylic oxidation sites excluding steroid dienone is 1. The van der Waals surface area contributed by atoms with Gasteiger partial charge in [0.1, 0.15) is 0 Å². The van der Waals surface area contributed by atoms with Crippen LogP contribution in [-0.2, 0) is 13.0 Å². The number of hydrogen-bond acceptors (Lipinski definition) is 1. The fourth-order valence-corrected chi connectivity index (χ4v) is 3.82. The smallest absolute Gasteiger partial charge is 0.159 e. The topological polar surface area (TPSA) is 8.17 Å². The summed E-state index contributed by atoms with van der Waals surface area (Å²) in [6.07, 6.45) is 2.97. The Morgan fingerprint density at radius 3 is 2.69 bits per heavy atom. The minimum absolute atomic E-state index is 0.664. The van der Waals surface area contributed by atoms with Crippen LogP contribution in [-0.4, -0.2) is 23.1 Å². The molecule has 3 aromatic rings. The van der Waals surface area contributed by atoms with Crippen LogP contribution in [0.1, 0.15) is 23.7 Å². The first-order valence-electron chi connectivity index (χ1n) is 8.57. The summed E-state index contributed by atoms with van der Waals surface area (Å²) in [4.78, 5) is 2.28. The molecule has 0 N–H and O–H groups in total. The van der Waals surface area contributed by atoms with E-state index in [2.05, 4.69) is 16.5 Å². The molecule has 0 unspecified atom stereocenters. The number of rotatable bonds is 2. The van der Waals surface area contributed by atoms with Gasteiger partial charge in [-0.05, 0) is 67.4 Å². The van der Waals surface area contributed by atoms with Gasteiger partial charge in [-0.2, -0.15) is 0 Å².